The van der Waals surface area contributed by atoms with E-state index in [1.54, 1.807) is 18.2 Å². The van der Waals surface area contributed by atoms with E-state index in [0.29, 0.717) is 0 Å². The summed E-state index contributed by atoms with van der Waals surface area (Å²) in [6.45, 7) is -0.218. The Kier molecular flexibility index (Phi) is 4.45. The van der Waals surface area contributed by atoms with E-state index in [0.717, 1.165) is 0 Å². The van der Waals surface area contributed by atoms with Gasteiger partial charge in [-0.3, -0.25) is 8.98 Å². The molecule has 16 heavy (non-hydrogen) atoms. The van der Waals surface area contributed by atoms with Gasteiger partial charge in [0, 0.05) is 0 Å². The summed E-state index contributed by atoms with van der Waals surface area (Å²) in [4.78, 5) is 10.8. The van der Waals surface area contributed by atoms with Crippen molar-refractivity contribution in [1.82, 2.24) is 0 Å². The van der Waals surface area contributed by atoms with Crippen molar-refractivity contribution in [3.05, 3.63) is 30.3 Å². The lowest BCUT2D eigenvalue weighted by Crippen LogP contribution is -2.11. The van der Waals surface area contributed by atoms with E-state index >= 15 is 0 Å². The Labute approximate surface area is 94.1 Å². The number of carbonyl (C=O) groups is 1. The van der Waals surface area contributed by atoms with Gasteiger partial charge in [0.15, 0.2) is 0 Å². The third-order valence-electron chi connectivity index (χ3n) is 1.80. The molecule has 6 heteroatoms. The van der Waals surface area contributed by atoms with E-state index in [-0.39, 0.29) is 17.9 Å². The molecule has 0 fully saturated rings. The maximum Gasteiger partial charge on any atom is 0.307 e. The number of hydrogen-bond acceptors (Lipinski definition) is 5. The molecule has 0 aliphatic carbocycles. The molecule has 0 radical (unpaired) electrons. The number of benzene rings is 1. The lowest BCUT2D eigenvalue weighted by Gasteiger charge is -2.04. The van der Waals surface area contributed by atoms with Gasteiger partial charge in [-0.15, -0.1) is 0 Å². The molecule has 1 rings (SSSR count). The van der Waals surface area contributed by atoms with Crippen LogP contribution >= 0.6 is 0 Å². The second-order valence-electron chi connectivity index (χ2n) is 2.92. The lowest BCUT2D eigenvalue weighted by molar-refractivity contribution is -0.141. The zero-order valence-electron chi connectivity index (χ0n) is 8.75. The number of hydrogen-bond donors (Lipinski definition) is 0. The Hall–Kier alpha value is -1.40. The summed E-state index contributed by atoms with van der Waals surface area (Å²) in [6, 6.07) is 7.74. The van der Waals surface area contributed by atoms with Crippen molar-refractivity contribution in [2.75, 3.05) is 13.7 Å². The zero-order chi connectivity index (χ0) is 12.0. The Bertz CT molecular complexity index is 438. The predicted molar refractivity (Wildman–Crippen MR) is 56.2 cm³/mol. The highest BCUT2D eigenvalue weighted by Gasteiger charge is 2.14. The molecule has 1 aromatic rings. The standard InChI is InChI=1S/C10H12O5S/c1-14-10(11)7-8-15-16(12,13)9-5-3-2-4-6-9/h2-6H,7-8H2,1H3. The van der Waals surface area contributed by atoms with E-state index in [9.17, 15) is 13.2 Å². The highest BCUT2D eigenvalue weighted by Crippen LogP contribution is 2.11. The molecule has 0 heterocycles. The average molecular weight is 244 g/mol. The van der Waals surface area contributed by atoms with Crippen molar-refractivity contribution in [1.29, 1.82) is 0 Å². The van der Waals surface area contributed by atoms with Crippen LogP contribution in [0.15, 0.2) is 35.2 Å². The lowest BCUT2D eigenvalue weighted by atomic mass is 10.4. The molecule has 0 unspecified atom stereocenters. The highest BCUT2D eigenvalue weighted by atomic mass is 32.2. The number of rotatable bonds is 5. The largest absolute Gasteiger partial charge is 0.469 e. The Balaban J connectivity index is 2.57. The van der Waals surface area contributed by atoms with Gasteiger partial charge in [0.05, 0.1) is 25.0 Å². The third-order valence-corrected chi connectivity index (χ3v) is 3.13. The smallest absolute Gasteiger partial charge is 0.307 e. The van der Waals surface area contributed by atoms with Crippen LogP contribution in [-0.4, -0.2) is 28.1 Å². The Morgan fingerprint density at radius 2 is 1.88 bits per heavy atom. The summed E-state index contributed by atoms with van der Waals surface area (Å²) in [7, 11) is -2.54. The molecule has 0 saturated carbocycles. The maximum atomic E-state index is 11.5. The predicted octanol–water partition coefficient (Wildman–Crippen LogP) is 0.955. The van der Waals surface area contributed by atoms with Gasteiger partial charge in [-0.1, -0.05) is 18.2 Å². The molecule has 5 nitrogen and oxygen atoms in total. The Morgan fingerprint density at radius 3 is 2.44 bits per heavy atom. The fourth-order valence-electron chi connectivity index (χ4n) is 0.992. The van der Waals surface area contributed by atoms with Crippen LogP contribution in [0, 0.1) is 0 Å². The summed E-state index contributed by atoms with van der Waals surface area (Å²) in [5.41, 5.74) is 0. The minimum Gasteiger partial charge on any atom is -0.469 e. The molecule has 0 aromatic heterocycles. The van der Waals surface area contributed by atoms with E-state index in [4.69, 9.17) is 0 Å². The average Bonchev–Trinajstić information content (AvgIpc) is 2.30. The van der Waals surface area contributed by atoms with Crippen LogP contribution in [0.25, 0.3) is 0 Å². The van der Waals surface area contributed by atoms with Crippen molar-refractivity contribution in [2.45, 2.75) is 11.3 Å². The summed E-state index contributed by atoms with van der Waals surface area (Å²) < 4.78 is 32.1. The monoisotopic (exact) mass is 244 g/mol. The first-order valence-electron chi connectivity index (χ1n) is 4.57. The molecule has 0 atom stereocenters. The summed E-state index contributed by atoms with van der Waals surface area (Å²) in [5.74, 6) is -0.511. The van der Waals surface area contributed by atoms with Gasteiger partial charge in [-0.2, -0.15) is 8.42 Å². The van der Waals surface area contributed by atoms with E-state index in [1.807, 2.05) is 0 Å². The summed E-state index contributed by atoms with van der Waals surface area (Å²) in [5, 5.41) is 0. The second kappa shape index (κ2) is 5.62. The van der Waals surface area contributed by atoms with Crippen LogP contribution in [-0.2, 0) is 23.8 Å². The number of carbonyl (C=O) groups excluding carboxylic acids is 1. The van der Waals surface area contributed by atoms with Crippen molar-refractivity contribution >= 4 is 16.1 Å². The zero-order valence-corrected chi connectivity index (χ0v) is 9.57. The van der Waals surface area contributed by atoms with Gasteiger partial charge in [0.1, 0.15) is 0 Å². The quantitative estimate of drug-likeness (QED) is 0.570. The second-order valence-corrected chi connectivity index (χ2v) is 4.53. The summed E-state index contributed by atoms with van der Waals surface area (Å²) in [6.07, 6.45) is -0.0947. The highest BCUT2D eigenvalue weighted by molar-refractivity contribution is 7.86. The third kappa shape index (κ3) is 3.63. The van der Waals surface area contributed by atoms with Crippen molar-refractivity contribution in [2.24, 2.45) is 0 Å². The number of ether oxygens (including phenoxy) is 1. The molecule has 0 amide bonds. The van der Waals surface area contributed by atoms with Crippen LogP contribution in [0.4, 0.5) is 0 Å². The van der Waals surface area contributed by atoms with Crippen LogP contribution in [0.3, 0.4) is 0 Å². The van der Waals surface area contributed by atoms with Crippen molar-refractivity contribution < 1.29 is 22.1 Å². The molecular weight excluding hydrogens is 232 g/mol. The molecule has 0 aliphatic heterocycles. The van der Waals surface area contributed by atoms with E-state index in [2.05, 4.69) is 8.92 Å². The first-order chi connectivity index (χ1) is 7.56. The molecular formula is C10H12O5S. The van der Waals surface area contributed by atoms with E-state index in [1.165, 1.54) is 19.2 Å². The van der Waals surface area contributed by atoms with Gasteiger partial charge in [0.2, 0.25) is 0 Å². The minimum absolute atomic E-state index is 0.0693. The molecule has 0 spiro atoms. The molecule has 0 aliphatic rings. The fourth-order valence-corrected chi connectivity index (χ4v) is 1.92. The normalized spacial score (nSPS) is 11.1. The Morgan fingerprint density at radius 1 is 1.25 bits per heavy atom. The van der Waals surface area contributed by atoms with Gasteiger partial charge in [-0.25, -0.2) is 0 Å². The van der Waals surface area contributed by atoms with Crippen LogP contribution in [0.2, 0.25) is 0 Å². The van der Waals surface area contributed by atoms with E-state index < -0.39 is 16.1 Å². The van der Waals surface area contributed by atoms with Crippen LogP contribution < -0.4 is 0 Å². The maximum absolute atomic E-state index is 11.5. The molecule has 0 bridgehead atoms. The first kappa shape index (κ1) is 12.7. The van der Waals surface area contributed by atoms with Gasteiger partial charge < -0.3 is 4.74 Å². The van der Waals surface area contributed by atoms with Crippen molar-refractivity contribution in [3.8, 4) is 0 Å². The van der Waals surface area contributed by atoms with Crippen LogP contribution in [0.1, 0.15) is 6.42 Å². The molecule has 0 N–H and O–H groups in total. The SMILES string of the molecule is COC(=O)CCOS(=O)(=O)c1ccccc1. The van der Waals surface area contributed by atoms with Crippen LogP contribution in [0.5, 0.6) is 0 Å². The molecule has 0 saturated heterocycles. The fraction of sp³-hybridized carbons (Fsp3) is 0.300. The summed E-state index contributed by atoms with van der Waals surface area (Å²) >= 11 is 0. The topological polar surface area (TPSA) is 69.7 Å². The minimum atomic E-state index is -3.77. The first-order valence-corrected chi connectivity index (χ1v) is 5.98. The van der Waals surface area contributed by atoms with Gasteiger partial charge in [0.25, 0.3) is 10.1 Å². The van der Waals surface area contributed by atoms with Crippen molar-refractivity contribution in [3.63, 3.8) is 0 Å². The molecule has 88 valence electrons. The van der Waals surface area contributed by atoms with Gasteiger partial charge in [-0.05, 0) is 12.1 Å². The molecule has 1 aromatic carbocycles. The number of methoxy groups -OCH3 is 1. The number of esters is 1. The van der Waals surface area contributed by atoms with Gasteiger partial charge >= 0.3 is 5.97 Å².